The first-order chi connectivity index (χ1) is 23.5. The highest BCUT2D eigenvalue weighted by Gasteiger charge is 2.47. The van der Waals surface area contributed by atoms with Gasteiger partial charge in [-0.1, -0.05) is 18.2 Å². The summed E-state index contributed by atoms with van der Waals surface area (Å²) >= 11 is 0. The molecule has 4 aromatic rings. The average Bonchev–Trinajstić information content (AvgIpc) is 3.77. The fraction of sp³-hybridized carbons (Fsp3) is 0.405. The van der Waals surface area contributed by atoms with E-state index in [-0.39, 0.29) is 23.2 Å². The van der Waals surface area contributed by atoms with Crippen LogP contribution in [0.5, 0.6) is 11.6 Å². The number of halogens is 3. The SMILES string of the molecule is COC(=O)c1ccc2nc(N3CC4(CC=C(c5cccc(OCc6ccc(C(F)(F)F)cc6OC)n5)CC4)C3)n(CC3(CC#N)CC3)c2c1. The van der Waals surface area contributed by atoms with Gasteiger partial charge in [0.1, 0.15) is 12.4 Å². The van der Waals surface area contributed by atoms with Crippen LogP contribution in [0.3, 0.4) is 0 Å². The van der Waals surface area contributed by atoms with E-state index in [1.54, 1.807) is 12.1 Å². The number of pyridine rings is 1. The van der Waals surface area contributed by atoms with E-state index in [1.807, 2.05) is 24.3 Å². The fourth-order valence-corrected chi connectivity index (χ4v) is 7.06. The summed E-state index contributed by atoms with van der Waals surface area (Å²) in [6.07, 6.45) is 3.00. The van der Waals surface area contributed by atoms with Gasteiger partial charge in [0.25, 0.3) is 0 Å². The van der Waals surface area contributed by atoms with Gasteiger partial charge in [0.2, 0.25) is 11.8 Å². The summed E-state index contributed by atoms with van der Waals surface area (Å²) in [5.41, 5.74) is 3.88. The van der Waals surface area contributed by atoms with Crippen molar-refractivity contribution in [1.82, 2.24) is 14.5 Å². The Kier molecular flexibility index (Phi) is 8.25. The van der Waals surface area contributed by atoms with Crippen molar-refractivity contribution >= 4 is 28.5 Å². The smallest absolute Gasteiger partial charge is 0.416 e. The molecule has 1 aliphatic heterocycles. The van der Waals surface area contributed by atoms with E-state index in [1.165, 1.54) is 20.3 Å². The Morgan fingerprint density at radius 3 is 2.53 bits per heavy atom. The first kappa shape index (κ1) is 32.5. The molecule has 0 atom stereocenters. The largest absolute Gasteiger partial charge is 0.496 e. The number of ether oxygens (including phenoxy) is 3. The molecule has 12 heteroatoms. The summed E-state index contributed by atoms with van der Waals surface area (Å²) in [5.74, 6) is 0.969. The fourth-order valence-electron chi connectivity index (χ4n) is 7.06. The van der Waals surface area contributed by atoms with E-state index in [2.05, 4.69) is 21.6 Å². The minimum atomic E-state index is -4.46. The molecule has 0 bridgehead atoms. The van der Waals surface area contributed by atoms with Crippen LogP contribution in [0.15, 0.2) is 60.7 Å². The Labute approximate surface area is 281 Å². The monoisotopic (exact) mass is 671 g/mol. The molecule has 2 aliphatic carbocycles. The maximum absolute atomic E-state index is 13.1. The second kappa shape index (κ2) is 12.4. The Hall–Kier alpha value is -5.05. The number of fused-ring (bicyclic) bond motifs is 1. The van der Waals surface area contributed by atoms with Crippen molar-refractivity contribution in [1.29, 1.82) is 5.26 Å². The predicted octanol–water partition coefficient (Wildman–Crippen LogP) is 7.59. The standard InChI is InChI=1S/C37H36F3N5O4/c1-47-31-19-27(37(38,39)40)8-6-26(31)20-49-32-5-3-4-28(42-32)24-10-12-36(13-11-24)21-44(22-36)34-43-29-9-7-25(33(46)48-2)18-30(29)45(34)23-35(14-15-35)16-17-41/h3-10,18-19H,11-16,20-23H2,1-2H3. The molecule has 2 fully saturated rings. The zero-order chi connectivity index (χ0) is 34.4. The number of nitriles is 1. The van der Waals surface area contributed by atoms with Gasteiger partial charge in [0, 0.05) is 48.5 Å². The quantitative estimate of drug-likeness (QED) is 0.159. The van der Waals surface area contributed by atoms with Crippen molar-refractivity contribution in [2.75, 3.05) is 32.2 Å². The van der Waals surface area contributed by atoms with Gasteiger partial charge in [-0.25, -0.2) is 14.8 Å². The highest BCUT2D eigenvalue weighted by atomic mass is 19.4. The van der Waals surface area contributed by atoms with Crippen LogP contribution in [-0.4, -0.2) is 47.8 Å². The molecule has 3 aliphatic rings. The minimum absolute atomic E-state index is 0.0160. The number of alkyl halides is 3. The summed E-state index contributed by atoms with van der Waals surface area (Å²) in [7, 11) is 2.70. The van der Waals surface area contributed by atoms with E-state index in [9.17, 15) is 23.2 Å². The number of rotatable bonds is 10. The highest BCUT2D eigenvalue weighted by molar-refractivity contribution is 5.94. The number of anilines is 1. The maximum Gasteiger partial charge on any atom is 0.416 e. The Balaban J connectivity index is 1.04. The lowest BCUT2D eigenvalue weighted by molar-refractivity contribution is -0.137. The summed E-state index contributed by atoms with van der Waals surface area (Å²) in [6.45, 7) is 2.39. The molecular weight excluding hydrogens is 635 g/mol. The molecule has 1 saturated carbocycles. The normalized spacial score (nSPS) is 17.6. The molecule has 49 heavy (non-hydrogen) atoms. The zero-order valence-electron chi connectivity index (χ0n) is 27.3. The van der Waals surface area contributed by atoms with Crippen molar-refractivity contribution in [3.05, 3.63) is 83.1 Å². The third-order valence-corrected chi connectivity index (χ3v) is 10.1. The lowest BCUT2D eigenvalue weighted by atomic mass is 9.69. The third kappa shape index (κ3) is 6.42. The first-order valence-electron chi connectivity index (χ1n) is 16.3. The summed E-state index contributed by atoms with van der Waals surface area (Å²) in [4.78, 5) is 24.3. The van der Waals surface area contributed by atoms with Crippen molar-refractivity contribution in [3.8, 4) is 17.7 Å². The number of esters is 1. The van der Waals surface area contributed by atoms with Gasteiger partial charge >= 0.3 is 12.1 Å². The third-order valence-electron chi connectivity index (χ3n) is 10.1. The number of carbonyl (C=O) groups is 1. The molecule has 0 N–H and O–H groups in total. The molecule has 2 aromatic heterocycles. The Morgan fingerprint density at radius 1 is 1.04 bits per heavy atom. The van der Waals surface area contributed by atoms with Crippen LogP contribution < -0.4 is 14.4 Å². The van der Waals surface area contributed by atoms with Crippen LogP contribution in [0.25, 0.3) is 16.6 Å². The topological polar surface area (TPSA) is 102 Å². The predicted molar refractivity (Wildman–Crippen MR) is 176 cm³/mol. The van der Waals surface area contributed by atoms with Crippen LogP contribution in [0.4, 0.5) is 19.1 Å². The summed E-state index contributed by atoms with van der Waals surface area (Å²) < 4.78 is 57.6. The molecule has 7 rings (SSSR count). The van der Waals surface area contributed by atoms with Gasteiger partial charge in [-0.05, 0) is 74.1 Å². The van der Waals surface area contributed by atoms with Gasteiger partial charge in [0.05, 0.1) is 48.1 Å². The van der Waals surface area contributed by atoms with Crippen LogP contribution in [0.1, 0.15) is 65.7 Å². The molecular formula is C37H36F3N5O4. The van der Waals surface area contributed by atoms with Crippen LogP contribution >= 0.6 is 0 Å². The van der Waals surface area contributed by atoms with E-state index in [0.717, 1.165) is 85.6 Å². The number of imidazole rings is 1. The van der Waals surface area contributed by atoms with Crippen molar-refractivity contribution in [2.24, 2.45) is 10.8 Å². The van der Waals surface area contributed by atoms with Crippen LogP contribution in [-0.2, 0) is 24.1 Å². The van der Waals surface area contributed by atoms with Crippen LogP contribution in [0, 0.1) is 22.2 Å². The number of carbonyl (C=O) groups excluding carboxylic acids is 1. The van der Waals surface area contributed by atoms with Crippen LogP contribution in [0.2, 0.25) is 0 Å². The van der Waals surface area contributed by atoms with Crippen molar-refractivity contribution < 1.29 is 32.2 Å². The lowest BCUT2D eigenvalue weighted by Crippen LogP contribution is -2.57. The highest BCUT2D eigenvalue weighted by Crippen LogP contribution is 2.52. The van der Waals surface area contributed by atoms with Crippen molar-refractivity contribution in [3.63, 3.8) is 0 Å². The Morgan fingerprint density at radius 2 is 1.86 bits per heavy atom. The maximum atomic E-state index is 13.1. The number of benzene rings is 2. The number of methoxy groups -OCH3 is 2. The summed E-state index contributed by atoms with van der Waals surface area (Å²) in [5, 5.41) is 9.48. The number of hydrogen-bond acceptors (Lipinski definition) is 8. The number of hydrogen-bond donors (Lipinski definition) is 0. The number of aromatic nitrogens is 3. The summed E-state index contributed by atoms with van der Waals surface area (Å²) in [6, 6.07) is 16.7. The van der Waals surface area contributed by atoms with Gasteiger partial charge < -0.3 is 23.7 Å². The Bertz CT molecular complexity index is 1990. The van der Waals surface area contributed by atoms with Gasteiger partial charge in [-0.2, -0.15) is 18.4 Å². The number of nitrogens with zero attached hydrogens (tertiary/aromatic N) is 5. The van der Waals surface area contributed by atoms with E-state index >= 15 is 0 Å². The van der Waals surface area contributed by atoms with Crippen molar-refractivity contribution in [2.45, 2.75) is 57.9 Å². The molecule has 0 radical (unpaired) electrons. The molecule has 254 valence electrons. The molecule has 2 aromatic carbocycles. The molecule has 0 amide bonds. The molecule has 0 unspecified atom stereocenters. The van der Waals surface area contributed by atoms with E-state index in [4.69, 9.17) is 24.2 Å². The number of allylic oxidation sites excluding steroid dienone is 2. The zero-order valence-corrected chi connectivity index (χ0v) is 27.3. The second-order valence-corrected chi connectivity index (χ2v) is 13.5. The molecule has 9 nitrogen and oxygen atoms in total. The minimum Gasteiger partial charge on any atom is -0.496 e. The van der Waals surface area contributed by atoms with E-state index in [0.29, 0.717) is 30.0 Å². The van der Waals surface area contributed by atoms with Gasteiger partial charge in [-0.15, -0.1) is 0 Å². The second-order valence-electron chi connectivity index (χ2n) is 13.5. The average molecular weight is 672 g/mol. The van der Waals surface area contributed by atoms with Gasteiger partial charge in [0.15, 0.2) is 0 Å². The lowest BCUT2D eigenvalue weighted by Gasteiger charge is -2.52. The molecule has 3 heterocycles. The first-order valence-corrected chi connectivity index (χ1v) is 16.3. The molecule has 1 spiro atoms. The molecule has 1 saturated heterocycles. The van der Waals surface area contributed by atoms with Gasteiger partial charge in [-0.3, -0.25) is 0 Å². The van der Waals surface area contributed by atoms with E-state index < -0.39 is 17.7 Å².